The van der Waals surface area contributed by atoms with E-state index in [0.717, 1.165) is 36.8 Å². The summed E-state index contributed by atoms with van der Waals surface area (Å²) in [6, 6.07) is 10.2. The Morgan fingerprint density at radius 2 is 2.06 bits per heavy atom. The molecule has 2 heterocycles. The molecule has 1 N–H and O–H groups in total. The number of benzene rings is 1. The lowest BCUT2D eigenvalue weighted by molar-refractivity contribution is 0.696. The topological polar surface area (TPSA) is 42.7 Å². The number of aromatic nitrogens is 3. The van der Waals surface area contributed by atoms with E-state index in [1.807, 2.05) is 18.2 Å². The maximum Gasteiger partial charge on any atom is 0.152 e. The molecule has 0 saturated carbocycles. The number of aryl methyl sites for hydroxylation is 1. The third-order valence-corrected chi connectivity index (χ3v) is 2.91. The summed E-state index contributed by atoms with van der Waals surface area (Å²) in [6.07, 6.45) is 2.27. The minimum absolute atomic E-state index is 0.747. The van der Waals surface area contributed by atoms with Crippen molar-refractivity contribution in [1.82, 2.24) is 14.8 Å². The van der Waals surface area contributed by atoms with Gasteiger partial charge in [-0.15, -0.1) is 10.2 Å². The Bertz CT molecular complexity index is 475. The van der Waals surface area contributed by atoms with E-state index in [-0.39, 0.29) is 0 Å². The Hall–Kier alpha value is -1.84. The summed E-state index contributed by atoms with van der Waals surface area (Å²) in [7, 11) is 0. The van der Waals surface area contributed by atoms with Gasteiger partial charge in [0.15, 0.2) is 5.82 Å². The van der Waals surface area contributed by atoms with Crippen LogP contribution < -0.4 is 5.32 Å². The number of fused-ring (bicyclic) bond motifs is 1. The zero-order chi connectivity index (χ0) is 10.8. The van der Waals surface area contributed by atoms with E-state index in [4.69, 9.17) is 0 Å². The largest absolute Gasteiger partial charge is 0.378 e. The van der Waals surface area contributed by atoms with Crippen LogP contribution in [0.5, 0.6) is 0 Å². The Balaban J connectivity index is 1.71. The summed E-state index contributed by atoms with van der Waals surface area (Å²) in [4.78, 5) is 0. The summed E-state index contributed by atoms with van der Waals surface area (Å²) in [5, 5.41) is 11.7. The highest BCUT2D eigenvalue weighted by molar-refractivity contribution is 5.42. The normalized spacial score (nSPS) is 13.8. The Kier molecular flexibility index (Phi) is 2.33. The monoisotopic (exact) mass is 214 g/mol. The van der Waals surface area contributed by atoms with Crippen LogP contribution in [0.3, 0.4) is 0 Å². The number of anilines is 1. The van der Waals surface area contributed by atoms with E-state index >= 15 is 0 Å². The third kappa shape index (κ3) is 1.66. The number of hydrogen-bond acceptors (Lipinski definition) is 3. The zero-order valence-corrected chi connectivity index (χ0v) is 9.06. The van der Waals surface area contributed by atoms with Crippen LogP contribution in [0.25, 0.3) is 0 Å². The minimum Gasteiger partial charge on any atom is -0.378 e. The second kappa shape index (κ2) is 3.96. The Morgan fingerprint density at radius 1 is 1.19 bits per heavy atom. The van der Waals surface area contributed by atoms with Crippen molar-refractivity contribution in [3.8, 4) is 0 Å². The van der Waals surface area contributed by atoms with Gasteiger partial charge in [0, 0.05) is 18.7 Å². The highest BCUT2D eigenvalue weighted by Gasteiger charge is 2.16. The summed E-state index contributed by atoms with van der Waals surface area (Å²) >= 11 is 0. The smallest absolute Gasteiger partial charge is 0.152 e. The molecule has 0 bridgehead atoms. The van der Waals surface area contributed by atoms with Crippen molar-refractivity contribution in [2.24, 2.45) is 0 Å². The van der Waals surface area contributed by atoms with Crippen molar-refractivity contribution in [2.45, 2.75) is 25.9 Å². The van der Waals surface area contributed by atoms with Gasteiger partial charge >= 0.3 is 0 Å². The minimum atomic E-state index is 0.747. The van der Waals surface area contributed by atoms with Crippen LogP contribution in [0.4, 0.5) is 5.69 Å². The summed E-state index contributed by atoms with van der Waals surface area (Å²) < 4.78 is 2.22. The number of para-hydroxylation sites is 1. The molecule has 2 aromatic rings. The van der Waals surface area contributed by atoms with Crippen molar-refractivity contribution in [3.05, 3.63) is 42.0 Å². The van der Waals surface area contributed by atoms with Gasteiger partial charge in [-0.25, -0.2) is 0 Å². The summed E-state index contributed by atoms with van der Waals surface area (Å²) in [6.45, 7) is 1.81. The summed E-state index contributed by atoms with van der Waals surface area (Å²) in [5.74, 6) is 2.17. The molecule has 82 valence electrons. The van der Waals surface area contributed by atoms with E-state index in [1.165, 1.54) is 6.42 Å². The van der Waals surface area contributed by atoms with Crippen molar-refractivity contribution in [2.75, 3.05) is 5.32 Å². The highest BCUT2D eigenvalue weighted by atomic mass is 15.3. The van der Waals surface area contributed by atoms with Gasteiger partial charge in [0.25, 0.3) is 0 Å². The van der Waals surface area contributed by atoms with Crippen molar-refractivity contribution < 1.29 is 0 Å². The molecule has 3 rings (SSSR count). The van der Waals surface area contributed by atoms with Gasteiger partial charge in [-0.1, -0.05) is 18.2 Å². The van der Waals surface area contributed by atoms with E-state index in [2.05, 4.69) is 32.2 Å². The molecule has 0 amide bonds. The molecule has 0 atom stereocenters. The molecule has 1 aromatic carbocycles. The molecule has 0 aliphatic carbocycles. The van der Waals surface area contributed by atoms with Gasteiger partial charge < -0.3 is 9.88 Å². The number of rotatable bonds is 3. The van der Waals surface area contributed by atoms with Crippen LogP contribution in [-0.4, -0.2) is 14.8 Å². The molecule has 0 fully saturated rings. The molecule has 4 heteroatoms. The average Bonchev–Trinajstić information content (AvgIpc) is 2.90. The first-order valence-corrected chi connectivity index (χ1v) is 5.63. The molecule has 0 saturated heterocycles. The first-order chi connectivity index (χ1) is 7.93. The molecule has 1 aromatic heterocycles. The number of nitrogens with one attached hydrogen (secondary N) is 1. The molecular formula is C12H14N4. The van der Waals surface area contributed by atoms with Gasteiger partial charge in [-0.2, -0.15) is 0 Å². The number of hydrogen-bond donors (Lipinski definition) is 1. The van der Waals surface area contributed by atoms with Crippen molar-refractivity contribution in [1.29, 1.82) is 0 Å². The van der Waals surface area contributed by atoms with Gasteiger partial charge in [0.1, 0.15) is 5.82 Å². The molecule has 0 radical (unpaired) electrons. The highest BCUT2D eigenvalue weighted by Crippen LogP contribution is 2.15. The third-order valence-electron chi connectivity index (χ3n) is 2.91. The molecule has 0 spiro atoms. The fourth-order valence-electron chi connectivity index (χ4n) is 2.08. The SMILES string of the molecule is c1ccc(NCc2nnc3n2CCC3)cc1. The van der Waals surface area contributed by atoms with Gasteiger partial charge in [0.2, 0.25) is 0 Å². The predicted octanol–water partition coefficient (Wildman–Crippen LogP) is 1.84. The van der Waals surface area contributed by atoms with Crippen LogP contribution in [0.15, 0.2) is 30.3 Å². The second-order valence-electron chi connectivity index (χ2n) is 4.01. The van der Waals surface area contributed by atoms with Crippen molar-refractivity contribution in [3.63, 3.8) is 0 Å². The average molecular weight is 214 g/mol. The van der Waals surface area contributed by atoms with Crippen LogP contribution in [-0.2, 0) is 19.5 Å². The predicted molar refractivity (Wildman–Crippen MR) is 62.1 cm³/mol. The number of nitrogens with zero attached hydrogens (tertiary/aromatic N) is 3. The van der Waals surface area contributed by atoms with E-state index in [1.54, 1.807) is 0 Å². The summed E-state index contributed by atoms with van der Waals surface area (Å²) in [5.41, 5.74) is 1.12. The first kappa shape index (κ1) is 9.39. The fourth-order valence-corrected chi connectivity index (χ4v) is 2.08. The van der Waals surface area contributed by atoms with E-state index < -0.39 is 0 Å². The standard InChI is InChI=1S/C12H14N4/c1-2-5-10(6-3-1)13-9-12-15-14-11-7-4-8-16(11)12/h1-3,5-6,13H,4,7-9H2. The molecule has 1 aliphatic rings. The zero-order valence-electron chi connectivity index (χ0n) is 9.06. The van der Waals surface area contributed by atoms with Crippen LogP contribution >= 0.6 is 0 Å². The lowest BCUT2D eigenvalue weighted by Gasteiger charge is -2.06. The first-order valence-electron chi connectivity index (χ1n) is 5.63. The maximum atomic E-state index is 4.20. The Labute approximate surface area is 94.3 Å². The maximum absolute atomic E-state index is 4.20. The molecular weight excluding hydrogens is 200 g/mol. The molecule has 0 unspecified atom stereocenters. The van der Waals surface area contributed by atoms with Gasteiger partial charge in [0.05, 0.1) is 6.54 Å². The van der Waals surface area contributed by atoms with Crippen LogP contribution in [0, 0.1) is 0 Å². The van der Waals surface area contributed by atoms with E-state index in [0.29, 0.717) is 0 Å². The molecule has 4 nitrogen and oxygen atoms in total. The lowest BCUT2D eigenvalue weighted by atomic mass is 10.3. The Morgan fingerprint density at radius 3 is 2.94 bits per heavy atom. The van der Waals surface area contributed by atoms with Gasteiger partial charge in [-0.05, 0) is 18.6 Å². The van der Waals surface area contributed by atoms with E-state index in [9.17, 15) is 0 Å². The molecule has 1 aliphatic heterocycles. The van der Waals surface area contributed by atoms with Crippen LogP contribution in [0.1, 0.15) is 18.1 Å². The van der Waals surface area contributed by atoms with Crippen LogP contribution in [0.2, 0.25) is 0 Å². The fraction of sp³-hybridized carbons (Fsp3) is 0.333. The lowest BCUT2D eigenvalue weighted by Crippen LogP contribution is -2.07. The van der Waals surface area contributed by atoms with Crippen molar-refractivity contribution >= 4 is 5.69 Å². The van der Waals surface area contributed by atoms with Gasteiger partial charge in [-0.3, -0.25) is 0 Å². The second-order valence-corrected chi connectivity index (χ2v) is 4.01. The quantitative estimate of drug-likeness (QED) is 0.847. The molecule has 16 heavy (non-hydrogen) atoms.